The van der Waals surface area contributed by atoms with Crippen LogP contribution < -0.4 is 5.32 Å². The molecule has 4 heterocycles. The second-order valence-electron chi connectivity index (χ2n) is 6.40. The number of nitrogens with one attached hydrogen (secondary N) is 1. The van der Waals surface area contributed by atoms with Crippen molar-refractivity contribution in [3.05, 3.63) is 66.6 Å². The van der Waals surface area contributed by atoms with E-state index in [2.05, 4.69) is 28.3 Å². The van der Waals surface area contributed by atoms with E-state index < -0.39 is 0 Å². The molecule has 0 aliphatic carbocycles. The molecule has 0 saturated carbocycles. The largest absolute Gasteiger partial charge is 0.426 e. The Kier molecular flexibility index (Phi) is 3.43. The lowest BCUT2D eigenvalue weighted by atomic mass is 10.1. The van der Waals surface area contributed by atoms with Crippen LogP contribution in [0.1, 0.15) is 12.5 Å². The molecule has 1 aliphatic heterocycles. The van der Waals surface area contributed by atoms with Gasteiger partial charge in [-0.15, -0.1) is 0 Å². The molecule has 0 spiro atoms. The van der Waals surface area contributed by atoms with Gasteiger partial charge >= 0.3 is 0 Å². The van der Waals surface area contributed by atoms with Crippen molar-refractivity contribution in [2.45, 2.75) is 13.3 Å². The van der Waals surface area contributed by atoms with Crippen LogP contribution >= 0.6 is 0 Å². The molecule has 6 heteroatoms. The second kappa shape index (κ2) is 5.95. The summed E-state index contributed by atoms with van der Waals surface area (Å²) in [7, 11) is 0. The van der Waals surface area contributed by atoms with Crippen molar-refractivity contribution in [3.8, 4) is 33.9 Å². The zero-order chi connectivity index (χ0) is 18.4. The zero-order valence-corrected chi connectivity index (χ0v) is 14.7. The first-order valence-corrected chi connectivity index (χ1v) is 8.85. The smallest absolute Gasteiger partial charge is 0.176 e. The molecular weight excluding hydrogens is 338 g/mol. The predicted octanol–water partition coefficient (Wildman–Crippen LogP) is 4.53. The Balaban J connectivity index is 1.86. The van der Waals surface area contributed by atoms with Gasteiger partial charge in [0.2, 0.25) is 0 Å². The molecule has 0 amide bonds. The molecule has 2 N–H and O–H groups in total. The maximum atomic E-state index is 11.1. The van der Waals surface area contributed by atoms with Crippen LogP contribution in [0.4, 0.5) is 11.5 Å². The summed E-state index contributed by atoms with van der Waals surface area (Å²) in [5.41, 5.74) is 5.82. The minimum atomic E-state index is 0.525. The summed E-state index contributed by atoms with van der Waals surface area (Å²) < 4.78 is 1.19. The molecule has 0 radical (unpaired) electrons. The number of anilines is 2. The molecule has 27 heavy (non-hydrogen) atoms. The molecule has 6 nitrogen and oxygen atoms in total. The summed E-state index contributed by atoms with van der Waals surface area (Å²) >= 11 is 0. The highest BCUT2D eigenvalue weighted by Crippen LogP contribution is 2.44. The van der Waals surface area contributed by atoms with E-state index in [4.69, 9.17) is 4.98 Å². The average molecular weight is 355 g/mol. The van der Waals surface area contributed by atoms with Gasteiger partial charge in [-0.1, -0.05) is 31.2 Å². The molecule has 3 aromatic heterocycles. The van der Waals surface area contributed by atoms with Gasteiger partial charge in [-0.3, -0.25) is 4.98 Å². The molecule has 0 unspecified atom stereocenters. The first kappa shape index (κ1) is 15.6. The topological polar surface area (TPSA) is 75.9 Å². The zero-order valence-electron chi connectivity index (χ0n) is 14.7. The van der Waals surface area contributed by atoms with E-state index in [1.165, 1.54) is 4.73 Å². The van der Waals surface area contributed by atoms with Crippen molar-refractivity contribution in [2.75, 3.05) is 5.32 Å². The number of rotatable bonds is 2. The van der Waals surface area contributed by atoms with Crippen LogP contribution in [-0.2, 0) is 6.42 Å². The van der Waals surface area contributed by atoms with Gasteiger partial charge in [-0.2, -0.15) is 4.73 Å². The summed E-state index contributed by atoms with van der Waals surface area (Å²) in [6.45, 7) is 2.10. The van der Waals surface area contributed by atoms with Crippen LogP contribution in [0.25, 0.3) is 33.9 Å². The Morgan fingerprint density at radius 3 is 2.74 bits per heavy atom. The average Bonchev–Trinajstić information content (AvgIpc) is 2.97. The van der Waals surface area contributed by atoms with Crippen molar-refractivity contribution in [1.82, 2.24) is 19.7 Å². The van der Waals surface area contributed by atoms with E-state index in [1.54, 1.807) is 18.6 Å². The van der Waals surface area contributed by atoms with Gasteiger partial charge in [-0.25, -0.2) is 9.97 Å². The van der Waals surface area contributed by atoms with Crippen LogP contribution in [0.3, 0.4) is 0 Å². The second-order valence-corrected chi connectivity index (χ2v) is 6.40. The van der Waals surface area contributed by atoms with Crippen molar-refractivity contribution >= 4 is 11.5 Å². The summed E-state index contributed by atoms with van der Waals surface area (Å²) in [6, 6.07) is 13.7. The van der Waals surface area contributed by atoms with Crippen LogP contribution in [0.2, 0.25) is 0 Å². The first-order valence-electron chi connectivity index (χ1n) is 8.85. The molecule has 5 rings (SSSR count). The van der Waals surface area contributed by atoms with E-state index in [-0.39, 0.29) is 0 Å². The molecule has 0 fully saturated rings. The van der Waals surface area contributed by atoms with Crippen LogP contribution in [0.15, 0.2) is 61.1 Å². The highest BCUT2D eigenvalue weighted by atomic mass is 16.5. The summed E-state index contributed by atoms with van der Waals surface area (Å²) in [5, 5.41) is 14.4. The number of aromatic nitrogens is 4. The van der Waals surface area contributed by atoms with Gasteiger partial charge in [0.15, 0.2) is 5.82 Å². The van der Waals surface area contributed by atoms with Crippen molar-refractivity contribution in [1.29, 1.82) is 0 Å². The van der Waals surface area contributed by atoms with Crippen LogP contribution in [0.5, 0.6) is 0 Å². The molecule has 0 bridgehead atoms. The van der Waals surface area contributed by atoms with E-state index in [9.17, 15) is 5.21 Å². The minimum absolute atomic E-state index is 0.525. The van der Waals surface area contributed by atoms with Gasteiger partial charge in [0.05, 0.1) is 11.9 Å². The normalized spacial score (nSPS) is 11.7. The highest BCUT2D eigenvalue weighted by Gasteiger charge is 2.28. The van der Waals surface area contributed by atoms with Crippen LogP contribution in [0, 0.1) is 0 Å². The number of imidazole rings is 1. The van der Waals surface area contributed by atoms with Gasteiger partial charge in [0.1, 0.15) is 17.2 Å². The van der Waals surface area contributed by atoms with Gasteiger partial charge in [0.25, 0.3) is 0 Å². The van der Waals surface area contributed by atoms with Gasteiger partial charge < -0.3 is 10.5 Å². The monoisotopic (exact) mass is 355 g/mol. The lowest BCUT2D eigenvalue weighted by molar-refractivity contribution is 0.195. The molecule has 1 aliphatic rings. The third-order valence-corrected chi connectivity index (χ3v) is 4.89. The Labute approximate surface area is 156 Å². The number of benzene rings is 1. The lowest BCUT2D eigenvalue weighted by Crippen LogP contribution is -2.01. The fourth-order valence-corrected chi connectivity index (χ4v) is 3.59. The SMILES string of the molecule is CCc1ccccc1-c1nc2c(n1O)-c1ccncc1Nc1ncccc1-2. The Morgan fingerprint density at radius 2 is 1.85 bits per heavy atom. The Bertz CT molecular complexity index is 1160. The first-order chi connectivity index (χ1) is 13.3. The number of pyridine rings is 2. The quantitative estimate of drug-likeness (QED) is 0.455. The number of aryl methyl sites for hydroxylation is 1. The third kappa shape index (κ3) is 2.30. The summed E-state index contributed by atoms with van der Waals surface area (Å²) in [4.78, 5) is 13.5. The third-order valence-electron chi connectivity index (χ3n) is 4.89. The standard InChI is InChI=1S/C21H17N5O/c1-2-13-6-3-4-7-14(13)21-25-18-16-8-5-10-23-20(16)24-17-12-22-11-9-15(17)19(18)26(21)27/h3-12,27H,2H2,1H3,(H,23,24). The molecule has 0 saturated heterocycles. The highest BCUT2D eigenvalue weighted by molar-refractivity contribution is 5.95. The Hall–Kier alpha value is -3.67. The molecule has 0 atom stereocenters. The maximum Gasteiger partial charge on any atom is 0.176 e. The molecule has 1 aromatic carbocycles. The number of fused-ring (bicyclic) bond motifs is 5. The fourth-order valence-electron chi connectivity index (χ4n) is 3.59. The van der Waals surface area contributed by atoms with E-state index >= 15 is 0 Å². The number of hydrogen-bond acceptors (Lipinski definition) is 5. The van der Waals surface area contributed by atoms with E-state index in [0.717, 1.165) is 34.4 Å². The molecular formula is C21H17N5O. The molecule has 132 valence electrons. The summed E-state index contributed by atoms with van der Waals surface area (Å²) in [6.07, 6.45) is 6.03. The number of hydrogen-bond donors (Lipinski definition) is 2. The summed E-state index contributed by atoms with van der Waals surface area (Å²) in [5.74, 6) is 1.22. The Morgan fingerprint density at radius 1 is 1.00 bits per heavy atom. The van der Waals surface area contributed by atoms with E-state index in [0.29, 0.717) is 23.0 Å². The van der Waals surface area contributed by atoms with Crippen LogP contribution in [-0.4, -0.2) is 24.9 Å². The molecule has 4 aromatic rings. The predicted molar refractivity (Wildman–Crippen MR) is 104 cm³/mol. The number of nitrogens with zero attached hydrogens (tertiary/aromatic N) is 4. The fraction of sp³-hybridized carbons (Fsp3) is 0.0952. The minimum Gasteiger partial charge on any atom is -0.426 e. The maximum absolute atomic E-state index is 11.1. The van der Waals surface area contributed by atoms with E-state index in [1.807, 2.05) is 36.4 Å². The lowest BCUT2D eigenvalue weighted by Gasteiger charge is -2.10. The van der Waals surface area contributed by atoms with Gasteiger partial charge in [0, 0.05) is 29.1 Å². The van der Waals surface area contributed by atoms with Gasteiger partial charge in [-0.05, 0) is 30.2 Å². The van der Waals surface area contributed by atoms with Crippen molar-refractivity contribution in [2.24, 2.45) is 0 Å². The van der Waals surface area contributed by atoms with Crippen molar-refractivity contribution in [3.63, 3.8) is 0 Å². The van der Waals surface area contributed by atoms with Crippen molar-refractivity contribution < 1.29 is 5.21 Å².